The van der Waals surface area contributed by atoms with Gasteiger partial charge in [-0.25, -0.2) is 9.59 Å². The molecule has 0 spiro atoms. The van der Waals surface area contributed by atoms with Gasteiger partial charge in [0.1, 0.15) is 0 Å². The molecule has 1 aromatic rings. The van der Waals surface area contributed by atoms with Gasteiger partial charge in [-0.2, -0.15) is 0 Å². The van der Waals surface area contributed by atoms with Gasteiger partial charge in [0.25, 0.3) is 0 Å². The maximum absolute atomic E-state index is 12.3. The van der Waals surface area contributed by atoms with Crippen LogP contribution in [0.4, 0.5) is 15.3 Å². The fourth-order valence-corrected chi connectivity index (χ4v) is 2.98. The van der Waals surface area contributed by atoms with Crippen molar-refractivity contribution >= 4 is 17.8 Å². The zero-order valence-electron chi connectivity index (χ0n) is 11.7. The van der Waals surface area contributed by atoms with Crippen molar-refractivity contribution in [1.29, 1.82) is 0 Å². The van der Waals surface area contributed by atoms with Gasteiger partial charge >= 0.3 is 12.1 Å². The highest BCUT2D eigenvalue weighted by Crippen LogP contribution is 2.23. The molecule has 1 saturated heterocycles. The summed E-state index contributed by atoms with van der Waals surface area (Å²) in [6, 6.07) is 3.64. The first kappa shape index (κ1) is 13.7. The maximum Gasteiger partial charge on any atom is 0.407 e. The highest BCUT2D eigenvalue weighted by molar-refractivity contribution is 5.90. The fourth-order valence-electron chi connectivity index (χ4n) is 2.98. The number of urea groups is 1. The van der Waals surface area contributed by atoms with Gasteiger partial charge in [-0.3, -0.25) is 4.98 Å². The second-order valence-corrected chi connectivity index (χ2v) is 5.37. The van der Waals surface area contributed by atoms with Crippen LogP contribution in [0.3, 0.4) is 0 Å². The van der Waals surface area contributed by atoms with E-state index in [4.69, 9.17) is 5.11 Å². The minimum atomic E-state index is -0.884. The SMILES string of the molecule is O=C(O)N1CCC(N2CCc3ncccc3NC2=O)CC1. The molecule has 0 atom stereocenters. The summed E-state index contributed by atoms with van der Waals surface area (Å²) in [4.78, 5) is 30.8. The molecule has 0 saturated carbocycles. The number of anilines is 1. The Morgan fingerprint density at radius 3 is 2.81 bits per heavy atom. The van der Waals surface area contributed by atoms with Crippen molar-refractivity contribution < 1.29 is 14.7 Å². The van der Waals surface area contributed by atoms with E-state index in [9.17, 15) is 9.59 Å². The van der Waals surface area contributed by atoms with Gasteiger partial charge in [-0.05, 0) is 25.0 Å². The molecule has 112 valence electrons. The van der Waals surface area contributed by atoms with Crippen molar-refractivity contribution in [3.8, 4) is 0 Å². The molecule has 2 aliphatic heterocycles. The van der Waals surface area contributed by atoms with Crippen LogP contribution in [0.25, 0.3) is 0 Å². The Morgan fingerprint density at radius 1 is 1.33 bits per heavy atom. The number of rotatable bonds is 1. The van der Waals surface area contributed by atoms with E-state index in [0.717, 1.165) is 11.4 Å². The molecule has 2 N–H and O–H groups in total. The number of amides is 3. The summed E-state index contributed by atoms with van der Waals surface area (Å²) in [5.41, 5.74) is 1.67. The van der Waals surface area contributed by atoms with Crippen LogP contribution in [0.15, 0.2) is 18.3 Å². The Bertz CT molecular complexity index is 555. The molecule has 3 heterocycles. The molecule has 3 amide bonds. The van der Waals surface area contributed by atoms with Crippen molar-refractivity contribution in [3.63, 3.8) is 0 Å². The molecule has 21 heavy (non-hydrogen) atoms. The molecule has 0 unspecified atom stereocenters. The van der Waals surface area contributed by atoms with E-state index >= 15 is 0 Å². The Labute approximate surface area is 122 Å². The fraction of sp³-hybridized carbons (Fsp3) is 0.500. The van der Waals surface area contributed by atoms with Crippen LogP contribution in [-0.2, 0) is 6.42 Å². The predicted octanol–water partition coefficient (Wildman–Crippen LogP) is 1.61. The van der Waals surface area contributed by atoms with E-state index < -0.39 is 6.09 Å². The Morgan fingerprint density at radius 2 is 2.10 bits per heavy atom. The van der Waals surface area contributed by atoms with E-state index in [1.165, 1.54) is 4.90 Å². The third kappa shape index (κ3) is 2.76. The number of carbonyl (C=O) groups is 2. The van der Waals surface area contributed by atoms with E-state index in [1.807, 2.05) is 11.0 Å². The molecule has 0 aromatic carbocycles. The van der Waals surface area contributed by atoms with Crippen LogP contribution in [0, 0.1) is 0 Å². The molecule has 3 rings (SSSR count). The zero-order valence-corrected chi connectivity index (χ0v) is 11.7. The van der Waals surface area contributed by atoms with Gasteiger partial charge < -0.3 is 20.2 Å². The van der Waals surface area contributed by atoms with Gasteiger partial charge in [0.2, 0.25) is 0 Å². The largest absolute Gasteiger partial charge is 0.465 e. The summed E-state index contributed by atoms with van der Waals surface area (Å²) in [5, 5.41) is 11.9. The molecule has 0 radical (unpaired) electrons. The number of hydrogen-bond donors (Lipinski definition) is 2. The molecule has 7 nitrogen and oxygen atoms in total. The highest BCUT2D eigenvalue weighted by atomic mass is 16.4. The topological polar surface area (TPSA) is 85.8 Å². The molecule has 2 aliphatic rings. The Hall–Kier alpha value is -2.31. The van der Waals surface area contributed by atoms with Crippen LogP contribution in [0.1, 0.15) is 18.5 Å². The minimum absolute atomic E-state index is 0.0925. The number of nitrogens with zero attached hydrogens (tertiary/aromatic N) is 3. The minimum Gasteiger partial charge on any atom is -0.465 e. The third-order valence-electron chi connectivity index (χ3n) is 4.16. The van der Waals surface area contributed by atoms with Gasteiger partial charge in [0, 0.05) is 38.3 Å². The van der Waals surface area contributed by atoms with Crippen LogP contribution in [0.2, 0.25) is 0 Å². The van der Waals surface area contributed by atoms with Gasteiger partial charge in [0.05, 0.1) is 11.4 Å². The summed E-state index contributed by atoms with van der Waals surface area (Å²) < 4.78 is 0. The average molecular weight is 290 g/mol. The van der Waals surface area contributed by atoms with Crippen molar-refractivity contribution in [3.05, 3.63) is 24.0 Å². The summed E-state index contributed by atoms with van der Waals surface area (Å²) in [7, 11) is 0. The lowest BCUT2D eigenvalue weighted by Gasteiger charge is -2.36. The number of carboxylic acid groups (broad SMARTS) is 1. The lowest BCUT2D eigenvalue weighted by atomic mass is 10.0. The quantitative estimate of drug-likeness (QED) is 0.823. The number of aromatic nitrogens is 1. The molecule has 1 fully saturated rings. The van der Waals surface area contributed by atoms with Crippen LogP contribution < -0.4 is 5.32 Å². The number of fused-ring (bicyclic) bond motifs is 1. The second kappa shape index (κ2) is 5.59. The number of nitrogens with one attached hydrogen (secondary N) is 1. The van der Waals surface area contributed by atoms with E-state index in [1.54, 1.807) is 12.3 Å². The highest BCUT2D eigenvalue weighted by Gasteiger charge is 2.31. The summed E-state index contributed by atoms with van der Waals surface area (Å²) in [6.07, 6.45) is 2.93. The predicted molar refractivity (Wildman–Crippen MR) is 76.3 cm³/mol. The van der Waals surface area contributed by atoms with Gasteiger partial charge in [-0.15, -0.1) is 0 Å². The number of carbonyl (C=O) groups excluding carboxylic acids is 1. The molecule has 0 bridgehead atoms. The van der Waals surface area contributed by atoms with Crippen LogP contribution in [0.5, 0.6) is 0 Å². The monoisotopic (exact) mass is 290 g/mol. The third-order valence-corrected chi connectivity index (χ3v) is 4.16. The number of hydrogen-bond acceptors (Lipinski definition) is 3. The maximum atomic E-state index is 12.3. The second-order valence-electron chi connectivity index (χ2n) is 5.37. The zero-order chi connectivity index (χ0) is 14.8. The number of piperidine rings is 1. The normalized spacial score (nSPS) is 19.7. The van der Waals surface area contributed by atoms with Crippen LogP contribution in [-0.4, -0.2) is 57.7 Å². The molecular weight excluding hydrogens is 272 g/mol. The van der Waals surface area contributed by atoms with Gasteiger partial charge in [0.15, 0.2) is 0 Å². The Balaban J connectivity index is 1.68. The average Bonchev–Trinajstić information content (AvgIpc) is 2.65. The smallest absolute Gasteiger partial charge is 0.407 e. The molecule has 0 aliphatic carbocycles. The summed E-state index contributed by atoms with van der Waals surface area (Å²) >= 11 is 0. The Kier molecular flexibility index (Phi) is 3.64. The van der Waals surface area contributed by atoms with Crippen molar-refractivity contribution in [2.24, 2.45) is 0 Å². The summed E-state index contributed by atoms with van der Waals surface area (Å²) in [6.45, 7) is 1.58. The summed E-state index contributed by atoms with van der Waals surface area (Å²) in [5.74, 6) is 0. The number of likely N-dealkylation sites (tertiary alicyclic amines) is 1. The van der Waals surface area contributed by atoms with E-state index in [2.05, 4.69) is 10.3 Å². The van der Waals surface area contributed by atoms with Crippen molar-refractivity contribution in [2.75, 3.05) is 25.0 Å². The standard InChI is InChI=1S/C14H18N4O3/c19-13-16-12-2-1-6-15-11(12)5-9-18(13)10-3-7-17(8-4-10)14(20)21/h1-2,6,10H,3-5,7-9H2,(H,16,19)(H,20,21). The number of pyridine rings is 1. The molecule has 1 aromatic heterocycles. The van der Waals surface area contributed by atoms with E-state index in [0.29, 0.717) is 38.9 Å². The van der Waals surface area contributed by atoms with Crippen molar-refractivity contribution in [2.45, 2.75) is 25.3 Å². The first-order valence-corrected chi connectivity index (χ1v) is 7.14. The first-order valence-electron chi connectivity index (χ1n) is 7.14. The lowest BCUT2D eigenvalue weighted by molar-refractivity contribution is 0.108. The van der Waals surface area contributed by atoms with Crippen molar-refractivity contribution in [1.82, 2.24) is 14.8 Å². The molecule has 7 heteroatoms. The first-order chi connectivity index (χ1) is 10.1. The van der Waals surface area contributed by atoms with E-state index in [-0.39, 0.29) is 12.1 Å². The lowest BCUT2D eigenvalue weighted by Crippen LogP contribution is -2.49. The van der Waals surface area contributed by atoms with Crippen LogP contribution >= 0.6 is 0 Å². The van der Waals surface area contributed by atoms with Gasteiger partial charge in [-0.1, -0.05) is 0 Å². The molecular formula is C14H18N4O3.